The van der Waals surface area contributed by atoms with Crippen LogP contribution in [0.5, 0.6) is 0 Å². The van der Waals surface area contributed by atoms with Crippen LogP contribution in [0.4, 0.5) is 4.39 Å². The number of nitrogens with one attached hydrogen (secondary N) is 1. The molecule has 0 aliphatic rings. The first-order valence-electron chi connectivity index (χ1n) is 9.76. The van der Waals surface area contributed by atoms with Gasteiger partial charge in [0.05, 0.1) is 24.4 Å². The topological polar surface area (TPSA) is 73.2 Å². The number of carbonyl (C=O) groups is 2. The maximum atomic E-state index is 14.7. The molecule has 1 aromatic heterocycles. The number of methoxy groups -OCH3 is 1. The molecule has 0 unspecified atom stereocenters. The quantitative estimate of drug-likeness (QED) is 0.433. The molecule has 31 heavy (non-hydrogen) atoms. The van der Waals surface area contributed by atoms with E-state index in [1.54, 1.807) is 74.1 Å². The first kappa shape index (κ1) is 22.6. The molecular weight excluding hydrogens is 417 g/mol. The fraction of sp³-hybridized carbons (Fsp3) is 0.261. The zero-order valence-electron chi connectivity index (χ0n) is 17.8. The van der Waals surface area contributed by atoms with Crippen LogP contribution in [0.25, 0.3) is 5.69 Å². The molecule has 1 heterocycles. The summed E-state index contributed by atoms with van der Waals surface area (Å²) in [6, 6.07) is 11.5. The van der Waals surface area contributed by atoms with Gasteiger partial charge in [0, 0.05) is 17.3 Å². The van der Waals surface area contributed by atoms with Crippen LogP contribution in [0.2, 0.25) is 0 Å². The maximum Gasteiger partial charge on any atom is 0.318 e. The first-order valence-corrected chi connectivity index (χ1v) is 10.6. The van der Waals surface area contributed by atoms with Crippen LogP contribution in [0, 0.1) is 12.7 Å². The number of halogens is 1. The van der Waals surface area contributed by atoms with Crippen molar-refractivity contribution >= 4 is 23.6 Å². The Balaban J connectivity index is 1.76. The zero-order valence-corrected chi connectivity index (χ0v) is 18.6. The number of carbonyl (C=O) groups excluding carboxylic acids is 2. The van der Waals surface area contributed by atoms with Gasteiger partial charge in [0.25, 0.3) is 5.91 Å². The molecule has 0 radical (unpaired) electrons. The number of thioether (sulfide) groups is 1. The van der Waals surface area contributed by atoms with Crippen molar-refractivity contribution in [1.82, 2.24) is 14.9 Å². The summed E-state index contributed by atoms with van der Waals surface area (Å²) in [5.74, 6) is -0.384. The summed E-state index contributed by atoms with van der Waals surface area (Å²) in [5, 5.41) is 2.45. The lowest BCUT2D eigenvalue weighted by molar-refractivity contribution is -0.139. The van der Waals surface area contributed by atoms with Gasteiger partial charge in [0.2, 0.25) is 0 Å². The number of rotatable bonds is 7. The van der Waals surface area contributed by atoms with E-state index >= 15 is 0 Å². The van der Waals surface area contributed by atoms with Crippen molar-refractivity contribution < 1.29 is 18.7 Å². The number of ether oxygens (including phenoxy) is 1. The smallest absolute Gasteiger partial charge is 0.318 e. The number of esters is 1. The number of amides is 1. The van der Waals surface area contributed by atoms with Gasteiger partial charge in [0.15, 0.2) is 0 Å². The molecule has 3 aromatic rings. The van der Waals surface area contributed by atoms with E-state index in [0.29, 0.717) is 27.5 Å². The van der Waals surface area contributed by atoms with Gasteiger partial charge in [-0.25, -0.2) is 9.37 Å². The van der Waals surface area contributed by atoms with Crippen molar-refractivity contribution in [2.24, 2.45) is 0 Å². The molecule has 2 atom stereocenters. The largest absolute Gasteiger partial charge is 0.468 e. The van der Waals surface area contributed by atoms with Gasteiger partial charge in [-0.05, 0) is 50.6 Å². The third kappa shape index (κ3) is 5.14. The van der Waals surface area contributed by atoms with Gasteiger partial charge in [-0.15, -0.1) is 11.8 Å². The summed E-state index contributed by atoms with van der Waals surface area (Å²) < 4.78 is 21.1. The Morgan fingerprint density at radius 3 is 2.58 bits per heavy atom. The van der Waals surface area contributed by atoms with Crippen molar-refractivity contribution in [3.05, 3.63) is 77.6 Å². The van der Waals surface area contributed by atoms with Gasteiger partial charge < -0.3 is 14.6 Å². The summed E-state index contributed by atoms with van der Waals surface area (Å²) in [6.07, 6.45) is 3.31. The number of benzene rings is 2. The van der Waals surface area contributed by atoms with Gasteiger partial charge in [-0.1, -0.05) is 18.2 Å². The van der Waals surface area contributed by atoms with E-state index in [0.717, 1.165) is 0 Å². The molecule has 1 N–H and O–H groups in total. The summed E-state index contributed by atoms with van der Waals surface area (Å²) in [5.41, 5.74) is 1.48. The van der Waals surface area contributed by atoms with Gasteiger partial charge in [-0.2, -0.15) is 0 Å². The van der Waals surface area contributed by atoms with Crippen LogP contribution in [0.3, 0.4) is 0 Å². The predicted octanol–water partition coefficient (Wildman–Crippen LogP) is 4.46. The van der Waals surface area contributed by atoms with Crippen molar-refractivity contribution in [1.29, 1.82) is 0 Å². The van der Waals surface area contributed by atoms with Crippen LogP contribution >= 0.6 is 11.8 Å². The van der Waals surface area contributed by atoms with E-state index in [1.165, 1.54) is 24.9 Å². The summed E-state index contributed by atoms with van der Waals surface area (Å²) in [4.78, 5) is 29.4. The van der Waals surface area contributed by atoms with Crippen LogP contribution in [0.1, 0.15) is 41.6 Å². The van der Waals surface area contributed by atoms with E-state index in [2.05, 4.69) is 10.3 Å². The molecule has 0 aliphatic heterocycles. The Morgan fingerprint density at radius 1 is 1.19 bits per heavy atom. The van der Waals surface area contributed by atoms with Gasteiger partial charge >= 0.3 is 5.97 Å². The van der Waals surface area contributed by atoms with Crippen molar-refractivity contribution in [3.8, 4) is 5.69 Å². The molecule has 0 saturated carbocycles. The van der Waals surface area contributed by atoms with E-state index in [9.17, 15) is 14.0 Å². The molecule has 1 amide bonds. The second-order valence-electron chi connectivity index (χ2n) is 7.03. The Kier molecular flexibility index (Phi) is 7.12. The van der Waals surface area contributed by atoms with Crippen molar-refractivity contribution in [3.63, 3.8) is 0 Å². The highest BCUT2D eigenvalue weighted by Gasteiger charge is 2.20. The number of hydrogen-bond acceptors (Lipinski definition) is 5. The Hall–Kier alpha value is -3.13. The minimum atomic E-state index is -0.454. The van der Waals surface area contributed by atoms with Crippen LogP contribution in [-0.4, -0.2) is 33.8 Å². The van der Waals surface area contributed by atoms with E-state index in [4.69, 9.17) is 4.74 Å². The minimum absolute atomic E-state index is 0.303. The molecule has 0 saturated heterocycles. The van der Waals surface area contributed by atoms with Crippen LogP contribution < -0.4 is 5.32 Å². The summed E-state index contributed by atoms with van der Waals surface area (Å²) in [6.45, 7) is 5.31. The maximum absolute atomic E-state index is 14.7. The Bertz CT molecular complexity index is 1100. The lowest BCUT2D eigenvalue weighted by atomic mass is 10.1. The second kappa shape index (κ2) is 9.78. The Labute approximate surface area is 184 Å². The van der Waals surface area contributed by atoms with Gasteiger partial charge in [-0.3, -0.25) is 9.59 Å². The standard InChI is InChI=1S/C23H24FN3O3S/c1-14(17-9-10-20(19(24)13-17)27-12-11-25-16(27)3)26-22(28)18-7-5-6-8-21(18)31-15(2)23(29)30-4/h5-15H,1-4H3,(H,26,28)/t14-,15-/m0/s1. The number of imidazole rings is 1. The van der Waals surface area contributed by atoms with E-state index in [-0.39, 0.29) is 11.9 Å². The van der Waals surface area contributed by atoms with E-state index < -0.39 is 17.1 Å². The lowest BCUT2D eigenvalue weighted by Gasteiger charge is -2.18. The molecule has 162 valence electrons. The van der Waals surface area contributed by atoms with Crippen LogP contribution in [-0.2, 0) is 9.53 Å². The summed E-state index contributed by atoms with van der Waals surface area (Å²) >= 11 is 1.25. The monoisotopic (exact) mass is 441 g/mol. The number of nitrogens with zero attached hydrogens (tertiary/aromatic N) is 2. The average molecular weight is 442 g/mol. The molecular formula is C23H24FN3O3S. The van der Waals surface area contributed by atoms with Crippen LogP contribution in [0.15, 0.2) is 59.8 Å². The van der Waals surface area contributed by atoms with E-state index in [1.807, 2.05) is 0 Å². The Morgan fingerprint density at radius 2 is 1.94 bits per heavy atom. The number of aromatic nitrogens is 2. The fourth-order valence-corrected chi connectivity index (χ4v) is 4.16. The highest BCUT2D eigenvalue weighted by molar-refractivity contribution is 8.00. The lowest BCUT2D eigenvalue weighted by Crippen LogP contribution is -2.27. The zero-order chi connectivity index (χ0) is 22.5. The first-order chi connectivity index (χ1) is 14.8. The second-order valence-corrected chi connectivity index (χ2v) is 8.41. The third-order valence-corrected chi connectivity index (χ3v) is 6.03. The van der Waals surface area contributed by atoms with Gasteiger partial charge in [0.1, 0.15) is 16.9 Å². The predicted molar refractivity (Wildman–Crippen MR) is 118 cm³/mol. The minimum Gasteiger partial charge on any atom is -0.468 e. The number of aryl methyl sites for hydroxylation is 1. The molecule has 0 bridgehead atoms. The average Bonchev–Trinajstić information content (AvgIpc) is 3.18. The molecule has 8 heteroatoms. The molecule has 0 aliphatic carbocycles. The molecule has 3 rings (SSSR count). The normalized spacial score (nSPS) is 12.8. The summed E-state index contributed by atoms with van der Waals surface area (Å²) in [7, 11) is 1.33. The highest BCUT2D eigenvalue weighted by atomic mass is 32.2. The third-order valence-electron chi connectivity index (χ3n) is 4.87. The van der Waals surface area contributed by atoms with Crippen molar-refractivity contribution in [2.45, 2.75) is 37.0 Å². The highest BCUT2D eigenvalue weighted by Crippen LogP contribution is 2.28. The molecule has 2 aromatic carbocycles. The molecule has 0 fully saturated rings. The SMILES string of the molecule is COC(=O)[C@H](C)Sc1ccccc1C(=O)N[C@@H](C)c1ccc(-n2ccnc2C)c(F)c1. The molecule has 0 spiro atoms. The molecule has 6 nitrogen and oxygen atoms in total. The number of hydrogen-bond donors (Lipinski definition) is 1. The fourth-order valence-electron chi connectivity index (χ4n) is 3.14. The van der Waals surface area contributed by atoms with Crippen molar-refractivity contribution in [2.75, 3.05) is 7.11 Å².